The molecule has 2 N–H and O–H groups in total. The minimum absolute atomic E-state index is 0.614. The average Bonchev–Trinajstić information content (AvgIpc) is 2.18. The number of nitrogen functional groups attached to an aromatic ring is 1. The lowest BCUT2D eigenvalue weighted by Crippen LogP contribution is -2.32. The van der Waals surface area contributed by atoms with E-state index in [4.69, 9.17) is 28.9 Å². The molecule has 17 heavy (non-hydrogen) atoms. The Labute approximate surface area is 113 Å². The van der Waals surface area contributed by atoms with E-state index >= 15 is 0 Å². The van der Waals surface area contributed by atoms with Gasteiger partial charge in [0.25, 0.3) is 0 Å². The number of rotatable bonds is 4. The van der Waals surface area contributed by atoms with Gasteiger partial charge in [0, 0.05) is 18.8 Å². The van der Waals surface area contributed by atoms with Crippen molar-refractivity contribution in [2.45, 2.75) is 26.2 Å². The normalized spacial score (nSPS) is 15.7. The smallest absolute Gasteiger partial charge is 0.0746 e. The molecule has 1 aliphatic carbocycles. The highest BCUT2D eigenvalue weighted by Gasteiger charge is 2.22. The lowest BCUT2D eigenvalue weighted by atomic mass is 9.85. The maximum atomic E-state index is 6.25. The molecule has 2 rings (SSSR count). The van der Waals surface area contributed by atoms with Crippen molar-refractivity contribution in [2.24, 2.45) is 5.92 Å². The lowest BCUT2D eigenvalue weighted by Gasteiger charge is -2.34. The zero-order valence-corrected chi connectivity index (χ0v) is 11.6. The third kappa shape index (κ3) is 2.80. The van der Waals surface area contributed by atoms with Gasteiger partial charge in [0.2, 0.25) is 0 Å². The van der Waals surface area contributed by atoms with Gasteiger partial charge < -0.3 is 10.6 Å². The van der Waals surface area contributed by atoms with E-state index in [1.54, 1.807) is 12.1 Å². The number of halogens is 2. The van der Waals surface area contributed by atoms with Crippen molar-refractivity contribution in [3.63, 3.8) is 0 Å². The summed E-state index contributed by atoms with van der Waals surface area (Å²) in [6.45, 7) is 4.08. The molecule has 0 heterocycles. The molecule has 0 aliphatic heterocycles. The Hall–Kier alpha value is -0.600. The summed E-state index contributed by atoms with van der Waals surface area (Å²) in [7, 11) is 0. The summed E-state index contributed by atoms with van der Waals surface area (Å²) in [4.78, 5) is 2.26. The van der Waals surface area contributed by atoms with Crippen molar-refractivity contribution >= 4 is 34.6 Å². The highest BCUT2D eigenvalue weighted by Crippen LogP contribution is 2.38. The van der Waals surface area contributed by atoms with E-state index < -0.39 is 0 Å². The van der Waals surface area contributed by atoms with Gasteiger partial charge in [-0.1, -0.05) is 29.6 Å². The van der Waals surface area contributed by atoms with Crippen molar-refractivity contribution in [3.05, 3.63) is 22.2 Å². The van der Waals surface area contributed by atoms with E-state index in [-0.39, 0.29) is 0 Å². The third-order valence-corrected chi connectivity index (χ3v) is 4.02. The fraction of sp³-hybridized carbons (Fsp3) is 0.538. The van der Waals surface area contributed by atoms with Gasteiger partial charge in [-0.25, -0.2) is 0 Å². The Bertz CT molecular complexity index is 379. The van der Waals surface area contributed by atoms with Gasteiger partial charge >= 0.3 is 0 Å². The Kier molecular flexibility index (Phi) is 4.05. The van der Waals surface area contributed by atoms with Crippen molar-refractivity contribution in [1.82, 2.24) is 0 Å². The predicted octanol–water partition coefficient (Wildman–Crippen LogP) is 4.20. The Morgan fingerprint density at radius 3 is 2.29 bits per heavy atom. The average molecular weight is 273 g/mol. The monoisotopic (exact) mass is 272 g/mol. The number of benzene rings is 1. The second kappa shape index (κ2) is 5.36. The molecule has 1 aliphatic rings. The number of hydrogen-bond acceptors (Lipinski definition) is 2. The summed E-state index contributed by atoms with van der Waals surface area (Å²) in [5.74, 6) is 0.791. The lowest BCUT2D eigenvalue weighted by molar-refractivity contribution is 0.318. The molecule has 0 unspecified atom stereocenters. The number of nitrogens with zero attached hydrogens (tertiary/aromatic N) is 1. The van der Waals surface area contributed by atoms with Crippen molar-refractivity contribution in [1.29, 1.82) is 0 Å². The molecule has 0 amide bonds. The molecular weight excluding hydrogens is 255 g/mol. The fourth-order valence-electron chi connectivity index (χ4n) is 2.25. The molecular formula is C13H18Cl2N2. The predicted molar refractivity (Wildman–Crippen MR) is 76.1 cm³/mol. The molecule has 1 aromatic rings. The van der Waals surface area contributed by atoms with E-state index in [9.17, 15) is 0 Å². The van der Waals surface area contributed by atoms with Gasteiger partial charge in [0.15, 0.2) is 0 Å². The van der Waals surface area contributed by atoms with E-state index in [1.807, 2.05) is 0 Å². The maximum Gasteiger partial charge on any atom is 0.0746 e. The van der Waals surface area contributed by atoms with E-state index in [0.29, 0.717) is 15.7 Å². The topological polar surface area (TPSA) is 29.3 Å². The molecule has 0 aromatic heterocycles. The quantitative estimate of drug-likeness (QED) is 0.833. The fourth-order valence-corrected chi connectivity index (χ4v) is 3.00. The second-order valence-electron chi connectivity index (χ2n) is 4.67. The number of anilines is 2. The highest BCUT2D eigenvalue weighted by molar-refractivity contribution is 6.39. The van der Waals surface area contributed by atoms with Gasteiger partial charge in [-0.15, -0.1) is 0 Å². The first kappa shape index (κ1) is 12.8. The zero-order valence-electron chi connectivity index (χ0n) is 10.0. The summed E-state index contributed by atoms with van der Waals surface area (Å²) in [5.41, 5.74) is 7.26. The van der Waals surface area contributed by atoms with Crippen LogP contribution >= 0.6 is 23.2 Å². The summed E-state index contributed by atoms with van der Waals surface area (Å²) < 4.78 is 0. The maximum absolute atomic E-state index is 6.25. The zero-order chi connectivity index (χ0) is 12.4. The SMILES string of the molecule is CCN(CC1CCC1)c1c(Cl)cc(N)cc1Cl. The van der Waals surface area contributed by atoms with Crippen LogP contribution in [-0.4, -0.2) is 13.1 Å². The van der Waals surface area contributed by atoms with Crippen LogP contribution in [0.25, 0.3) is 0 Å². The molecule has 0 spiro atoms. The van der Waals surface area contributed by atoms with Crippen molar-refractivity contribution in [2.75, 3.05) is 23.7 Å². The van der Waals surface area contributed by atoms with Crippen LogP contribution < -0.4 is 10.6 Å². The van der Waals surface area contributed by atoms with E-state index in [1.165, 1.54) is 19.3 Å². The van der Waals surface area contributed by atoms with Gasteiger partial charge in [-0.05, 0) is 37.8 Å². The summed E-state index contributed by atoms with van der Waals surface area (Å²) in [6.07, 6.45) is 3.99. The molecule has 0 atom stereocenters. The van der Waals surface area contributed by atoms with Crippen LogP contribution in [0, 0.1) is 5.92 Å². The minimum atomic E-state index is 0.614. The van der Waals surface area contributed by atoms with Crippen LogP contribution in [0.2, 0.25) is 10.0 Å². The first-order valence-electron chi connectivity index (χ1n) is 6.11. The number of nitrogens with two attached hydrogens (primary N) is 1. The molecule has 1 aromatic carbocycles. The standard InChI is InChI=1S/C13H18Cl2N2/c1-2-17(8-9-4-3-5-9)13-11(14)6-10(16)7-12(13)15/h6-7,9H,2-5,8,16H2,1H3. The first-order chi connectivity index (χ1) is 8.11. The molecule has 0 saturated heterocycles. The van der Waals surface area contributed by atoms with Gasteiger partial charge in [0.1, 0.15) is 0 Å². The number of hydrogen-bond donors (Lipinski definition) is 1. The third-order valence-electron chi connectivity index (χ3n) is 3.44. The molecule has 94 valence electrons. The van der Waals surface area contributed by atoms with Crippen LogP contribution in [0.3, 0.4) is 0 Å². The highest BCUT2D eigenvalue weighted by atomic mass is 35.5. The summed E-state index contributed by atoms with van der Waals surface area (Å²) >= 11 is 12.5. The Morgan fingerprint density at radius 1 is 1.29 bits per heavy atom. The van der Waals surface area contributed by atoms with Crippen molar-refractivity contribution in [3.8, 4) is 0 Å². The molecule has 2 nitrogen and oxygen atoms in total. The molecule has 0 radical (unpaired) electrons. The van der Waals surface area contributed by atoms with Gasteiger partial charge in [-0.3, -0.25) is 0 Å². The Morgan fingerprint density at radius 2 is 1.88 bits per heavy atom. The molecule has 1 fully saturated rings. The Balaban J connectivity index is 2.22. The van der Waals surface area contributed by atoms with Gasteiger partial charge in [-0.2, -0.15) is 0 Å². The van der Waals surface area contributed by atoms with E-state index in [2.05, 4.69) is 11.8 Å². The summed E-state index contributed by atoms with van der Waals surface area (Å²) in [6, 6.07) is 3.54. The van der Waals surface area contributed by atoms with Crippen LogP contribution in [0.1, 0.15) is 26.2 Å². The second-order valence-corrected chi connectivity index (χ2v) is 5.48. The molecule has 4 heteroatoms. The molecule has 0 bridgehead atoms. The van der Waals surface area contributed by atoms with Gasteiger partial charge in [0.05, 0.1) is 15.7 Å². The van der Waals surface area contributed by atoms with Crippen LogP contribution in [-0.2, 0) is 0 Å². The van der Waals surface area contributed by atoms with Crippen LogP contribution in [0.5, 0.6) is 0 Å². The molecule has 1 saturated carbocycles. The summed E-state index contributed by atoms with van der Waals surface area (Å²) in [5, 5.41) is 1.30. The first-order valence-corrected chi connectivity index (χ1v) is 6.87. The van der Waals surface area contributed by atoms with Crippen LogP contribution in [0.15, 0.2) is 12.1 Å². The van der Waals surface area contributed by atoms with Crippen LogP contribution in [0.4, 0.5) is 11.4 Å². The van der Waals surface area contributed by atoms with E-state index in [0.717, 1.165) is 24.7 Å². The van der Waals surface area contributed by atoms with Crippen molar-refractivity contribution < 1.29 is 0 Å². The minimum Gasteiger partial charge on any atom is -0.399 e. The largest absolute Gasteiger partial charge is 0.399 e.